The van der Waals surface area contributed by atoms with Crippen molar-refractivity contribution in [2.45, 2.75) is 125 Å². The number of nitrogens with zero attached hydrogens (tertiary/aromatic N) is 2. The highest BCUT2D eigenvalue weighted by molar-refractivity contribution is 6.01. The number of carbonyl (C=O) groups excluding carboxylic acids is 7. The average Bonchev–Trinajstić information content (AvgIpc) is 3.35. The Bertz CT molecular complexity index is 2410. The molecule has 2 aromatic rings. The van der Waals surface area contributed by atoms with E-state index in [1.54, 1.807) is 6.08 Å². The minimum Gasteiger partial charge on any atom is -0.481 e. The largest absolute Gasteiger partial charge is 0.481 e. The molecule has 1 heterocycles. The van der Waals surface area contributed by atoms with Crippen LogP contribution in [0.4, 0.5) is 5.69 Å². The van der Waals surface area contributed by atoms with Crippen molar-refractivity contribution < 1.29 is 104 Å². The molecule has 0 saturated heterocycles. The van der Waals surface area contributed by atoms with Crippen molar-refractivity contribution in [2.75, 3.05) is 18.5 Å². The third kappa shape index (κ3) is 18.2. The van der Waals surface area contributed by atoms with Crippen molar-refractivity contribution in [3.8, 4) is 0 Å². The lowest BCUT2D eigenvalue weighted by Crippen LogP contribution is -2.64. The summed E-state index contributed by atoms with van der Waals surface area (Å²) < 4.78 is 0. The normalized spacial score (nSPS) is 16.6. The number of aliphatic hydroxyl groups is 8. The van der Waals surface area contributed by atoms with Gasteiger partial charge in [0.25, 0.3) is 5.91 Å². The first-order valence-corrected chi connectivity index (χ1v) is 22.5. The summed E-state index contributed by atoms with van der Waals surface area (Å²) >= 11 is 0. The minimum absolute atomic E-state index is 0.000282. The molecular weight excluding hydrogens is 991 g/mol. The molecule has 0 saturated carbocycles. The van der Waals surface area contributed by atoms with Crippen molar-refractivity contribution in [3.05, 3.63) is 58.8 Å². The van der Waals surface area contributed by atoms with Crippen LogP contribution in [0, 0.1) is 0 Å². The standard InChI is InChI=1S/C44H59N9O21/c1-18(56)23(7-10-31(61)62)49-43(72)35(39(68)37(66)29(59)17-55)53-41(70)24(8-11-32(63)64)50-42(71)34(38(67)36(65)28(58)16-54)52-30(60)9-6-25(44(73)74)51-40(69)19-2-4-21(5-3-19)46-14-22-15-47-26-12-20(45)13-27(57)33(26)48-22/h2-5,12,15,23-25,28-29,34-39,46,54-55,58-59,65-68H,6-11,13-14,16-17,45H2,1H3,(H,49,72)(H,50,71)(H,51,69)(H,52,60)(H,53,70)(H,61,62)(H,63,64)(H,73,74)/t23-,24-,25-,28+,29+,34+,35+,36+,37+,38+,39+/m0/s1. The zero-order chi connectivity index (χ0) is 55.6. The van der Waals surface area contributed by atoms with E-state index >= 15 is 0 Å². The van der Waals surface area contributed by atoms with E-state index in [2.05, 4.69) is 25.9 Å². The molecular formula is C44H59N9O21. The van der Waals surface area contributed by atoms with Crippen LogP contribution in [-0.2, 0) is 44.9 Å². The molecule has 3 rings (SSSR count). The van der Waals surface area contributed by atoms with E-state index in [0.717, 1.165) is 6.92 Å². The first-order chi connectivity index (χ1) is 34.8. The number of Topliss-reactive ketones (excluding diaryl/α,β-unsaturated/α-hetero) is 2. The Morgan fingerprint density at radius 3 is 1.68 bits per heavy atom. The van der Waals surface area contributed by atoms with Crippen LogP contribution < -0.4 is 37.6 Å². The molecule has 19 N–H and O–H groups in total. The number of ketones is 2. The van der Waals surface area contributed by atoms with E-state index in [1.807, 2.05) is 16.0 Å². The molecule has 0 fully saturated rings. The Kier molecular flexibility index (Phi) is 23.5. The van der Waals surface area contributed by atoms with E-state index < -0.39 is 172 Å². The Morgan fingerprint density at radius 1 is 0.649 bits per heavy atom. The number of aliphatic hydroxyl groups excluding tert-OH is 8. The predicted molar refractivity (Wildman–Crippen MR) is 247 cm³/mol. The summed E-state index contributed by atoms with van der Waals surface area (Å²) in [6, 6.07) is -4.80. The van der Waals surface area contributed by atoms with E-state index in [1.165, 1.54) is 30.5 Å². The molecule has 1 aromatic carbocycles. The number of nitrogens with two attached hydrogens (primary N) is 1. The van der Waals surface area contributed by atoms with Crippen LogP contribution in [0.2, 0.25) is 0 Å². The summed E-state index contributed by atoms with van der Waals surface area (Å²) in [5.41, 5.74) is 7.44. The van der Waals surface area contributed by atoms with E-state index in [0.29, 0.717) is 22.8 Å². The fraction of sp³-hybridized carbons (Fsp3) is 0.500. The second kappa shape index (κ2) is 28.6. The molecule has 30 heteroatoms. The summed E-state index contributed by atoms with van der Waals surface area (Å²) in [7, 11) is 0. The monoisotopic (exact) mass is 1050 g/mol. The van der Waals surface area contributed by atoms with Crippen molar-refractivity contribution in [1.82, 2.24) is 36.6 Å². The van der Waals surface area contributed by atoms with Crippen LogP contribution >= 0.6 is 0 Å². The summed E-state index contributed by atoms with van der Waals surface area (Å²) in [4.78, 5) is 136. The van der Waals surface area contributed by atoms with Gasteiger partial charge in [-0.1, -0.05) is 0 Å². The SMILES string of the molecule is CC(=O)[C@H](CCC(=O)O)NC(=O)[C@H](NC(=O)[C@H](CCC(=O)O)NC(=O)[C@H](NC(=O)CC[C@H](NC(=O)c1ccc(NCc2cnc3c(n2)C(=O)CC(N)=C3)cc1)C(=O)O)[C@@H](O)[C@H](O)[C@H](O)CO)[C@@H](O)[C@H](O)[C@H](O)CO. The average molecular weight is 1050 g/mol. The van der Waals surface area contributed by atoms with Crippen LogP contribution in [0.3, 0.4) is 0 Å². The van der Waals surface area contributed by atoms with Gasteiger partial charge in [-0.3, -0.25) is 48.1 Å². The second-order valence-electron chi connectivity index (χ2n) is 16.8. The highest BCUT2D eigenvalue weighted by atomic mass is 16.4. The topological polar surface area (TPSA) is 517 Å². The minimum atomic E-state index is -2.58. The van der Waals surface area contributed by atoms with Crippen LogP contribution in [-0.4, -0.2) is 205 Å². The first-order valence-electron chi connectivity index (χ1n) is 22.5. The number of benzene rings is 1. The summed E-state index contributed by atoms with van der Waals surface area (Å²) in [5, 5.41) is 123. The number of carboxylic acids is 3. The summed E-state index contributed by atoms with van der Waals surface area (Å²) in [6.07, 6.45) is -16.0. The summed E-state index contributed by atoms with van der Waals surface area (Å²) in [5.74, 6) is -12.6. The van der Waals surface area contributed by atoms with E-state index in [9.17, 15) is 99.0 Å². The van der Waals surface area contributed by atoms with Gasteiger partial charge < -0.3 is 93.8 Å². The Hall–Kier alpha value is -7.58. The quantitative estimate of drug-likeness (QED) is 0.0334. The molecule has 74 heavy (non-hydrogen) atoms. The van der Waals surface area contributed by atoms with Gasteiger partial charge >= 0.3 is 17.9 Å². The molecule has 11 atom stereocenters. The maximum Gasteiger partial charge on any atom is 0.326 e. The van der Waals surface area contributed by atoms with Gasteiger partial charge in [-0.15, -0.1) is 0 Å². The van der Waals surface area contributed by atoms with Gasteiger partial charge in [-0.2, -0.15) is 0 Å². The second-order valence-corrected chi connectivity index (χ2v) is 16.8. The zero-order valence-electron chi connectivity index (χ0n) is 39.4. The number of hydrogen-bond donors (Lipinski definition) is 18. The number of carboxylic acid groups (broad SMARTS) is 3. The lowest BCUT2D eigenvalue weighted by Gasteiger charge is -2.32. The molecule has 406 valence electrons. The molecule has 30 nitrogen and oxygen atoms in total. The molecule has 0 aliphatic heterocycles. The Balaban J connectivity index is 1.80. The maximum absolute atomic E-state index is 13.8. The Labute approximate surface area is 419 Å². The fourth-order valence-corrected chi connectivity index (χ4v) is 6.91. The smallest absolute Gasteiger partial charge is 0.326 e. The van der Waals surface area contributed by atoms with Crippen LogP contribution in [0.5, 0.6) is 0 Å². The maximum atomic E-state index is 13.8. The molecule has 1 aliphatic carbocycles. The van der Waals surface area contributed by atoms with Crippen LogP contribution in [0.25, 0.3) is 6.08 Å². The molecule has 0 unspecified atom stereocenters. The molecule has 0 bridgehead atoms. The number of aliphatic carboxylic acids is 3. The predicted octanol–water partition coefficient (Wildman–Crippen LogP) is -6.65. The van der Waals surface area contributed by atoms with Crippen molar-refractivity contribution in [1.29, 1.82) is 0 Å². The third-order valence-electron chi connectivity index (χ3n) is 11.1. The van der Waals surface area contributed by atoms with Gasteiger partial charge in [0.15, 0.2) is 11.6 Å². The molecule has 1 aliphatic rings. The highest BCUT2D eigenvalue weighted by Gasteiger charge is 2.41. The lowest BCUT2D eigenvalue weighted by molar-refractivity contribution is -0.144. The highest BCUT2D eigenvalue weighted by Crippen LogP contribution is 2.19. The summed E-state index contributed by atoms with van der Waals surface area (Å²) in [6.45, 7) is -1.38. The van der Waals surface area contributed by atoms with Crippen molar-refractivity contribution >= 4 is 70.8 Å². The van der Waals surface area contributed by atoms with Gasteiger partial charge in [0.2, 0.25) is 23.6 Å². The molecule has 0 spiro atoms. The number of hydrogen-bond acceptors (Lipinski definition) is 22. The van der Waals surface area contributed by atoms with Gasteiger partial charge in [-0.25, -0.2) is 9.78 Å². The molecule has 0 radical (unpaired) electrons. The number of amides is 5. The number of fused-ring (bicyclic) bond motifs is 1. The lowest BCUT2D eigenvalue weighted by atomic mass is 9.97. The number of allylic oxidation sites excluding steroid dienone is 1. The van der Waals surface area contributed by atoms with Crippen molar-refractivity contribution in [2.24, 2.45) is 5.73 Å². The van der Waals surface area contributed by atoms with Gasteiger partial charge in [0.05, 0.1) is 49.8 Å². The van der Waals surface area contributed by atoms with Gasteiger partial charge in [0.1, 0.15) is 66.5 Å². The number of rotatable bonds is 31. The first kappa shape index (κ1) is 60.7. The number of carbonyl (C=O) groups is 10. The number of nitrogens with one attached hydrogen (secondary N) is 6. The van der Waals surface area contributed by atoms with E-state index in [4.69, 9.17) is 10.8 Å². The van der Waals surface area contributed by atoms with Gasteiger partial charge in [0, 0.05) is 36.2 Å². The van der Waals surface area contributed by atoms with Crippen LogP contribution in [0.15, 0.2) is 36.2 Å². The fourth-order valence-electron chi connectivity index (χ4n) is 6.91. The third-order valence-corrected chi connectivity index (χ3v) is 11.1. The zero-order valence-corrected chi connectivity index (χ0v) is 39.4. The number of aromatic nitrogens is 2. The Morgan fingerprint density at radius 2 is 1.16 bits per heavy atom. The van der Waals surface area contributed by atoms with Crippen molar-refractivity contribution in [3.63, 3.8) is 0 Å². The van der Waals surface area contributed by atoms with E-state index in [-0.39, 0.29) is 30.0 Å². The number of anilines is 1. The van der Waals surface area contributed by atoms with Gasteiger partial charge in [-0.05, 0) is 56.5 Å². The van der Waals surface area contributed by atoms with Crippen LogP contribution in [0.1, 0.15) is 84.1 Å². The molecule has 1 aromatic heterocycles. The molecule has 5 amide bonds.